The van der Waals surface area contributed by atoms with E-state index in [9.17, 15) is 19.0 Å². The predicted octanol–water partition coefficient (Wildman–Crippen LogP) is 22.2. The molecule has 3 N–H and O–H groups in total. The number of hydrogen-bond acceptors (Lipinski definition) is 8. The number of ether oxygens (including phenoxy) is 2. The molecule has 0 aliphatic rings. The molecular formula is C71H128NO8P. The zero-order valence-electron chi connectivity index (χ0n) is 52.8. The Labute approximate surface area is 500 Å². The summed E-state index contributed by atoms with van der Waals surface area (Å²) in [6, 6.07) is 0. The number of hydrogen-bond donors (Lipinski definition) is 2. The summed E-state index contributed by atoms with van der Waals surface area (Å²) in [7, 11) is -4.41. The lowest BCUT2D eigenvalue weighted by Crippen LogP contribution is -2.29. The van der Waals surface area contributed by atoms with Crippen molar-refractivity contribution in [1.29, 1.82) is 0 Å². The van der Waals surface area contributed by atoms with Crippen molar-refractivity contribution in [2.24, 2.45) is 5.73 Å². The van der Waals surface area contributed by atoms with Crippen LogP contribution in [0.25, 0.3) is 0 Å². The number of esters is 2. The molecule has 0 bridgehead atoms. The smallest absolute Gasteiger partial charge is 0.462 e. The Morgan fingerprint density at radius 3 is 1.00 bits per heavy atom. The quantitative estimate of drug-likeness (QED) is 0.0264. The fourth-order valence-corrected chi connectivity index (χ4v) is 10.6. The number of carbonyl (C=O) groups excluding carboxylic acids is 2. The Balaban J connectivity index is 3.87. The Morgan fingerprint density at radius 1 is 0.383 bits per heavy atom. The van der Waals surface area contributed by atoms with Crippen LogP contribution in [0.1, 0.15) is 322 Å². The molecular weight excluding hydrogens is 1030 g/mol. The van der Waals surface area contributed by atoms with E-state index in [0.29, 0.717) is 12.8 Å². The molecule has 0 amide bonds. The maximum Gasteiger partial charge on any atom is 0.472 e. The average Bonchev–Trinajstić information content (AvgIpc) is 3.46. The Bertz CT molecular complexity index is 1600. The minimum atomic E-state index is -4.41. The number of carbonyl (C=O) groups is 2. The van der Waals surface area contributed by atoms with E-state index >= 15 is 0 Å². The minimum Gasteiger partial charge on any atom is -0.462 e. The Hall–Kier alpha value is -2.81. The van der Waals surface area contributed by atoms with Crippen molar-refractivity contribution in [3.8, 4) is 0 Å². The third-order valence-corrected chi connectivity index (χ3v) is 15.8. The molecule has 0 radical (unpaired) electrons. The topological polar surface area (TPSA) is 134 Å². The monoisotopic (exact) mass is 1150 g/mol. The van der Waals surface area contributed by atoms with Crippen LogP contribution < -0.4 is 5.73 Å². The summed E-state index contributed by atoms with van der Waals surface area (Å²) in [5.41, 5.74) is 5.39. The van der Waals surface area contributed by atoms with Gasteiger partial charge in [-0.2, -0.15) is 0 Å². The zero-order chi connectivity index (χ0) is 58.7. The summed E-state index contributed by atoms with van der Waals surface area (Å²) in [4.78, 5) is 35.2. The lowest BCUT2D eigenvalue weighted by Gasteiger charge is -2.19. The van der Waals surface area contributed by atoms with E-state index in [-0.39, 0.29) is 32.6 Å². The number of unbranched alkanes of at least 4 members (excludes halogenated alkanes) is 37. The highest BCUT2D eigenvalue weighted by Gasteiger charge is 2.26. The number of allylic oxidation sites excluding steroid dienone is 14. The van der Waals surface area contributed by atoms with Crippen molar-refractivity contribution in [2.75, 3.05) is 26.4 Å². The first-order chi connectivity index (χ1) is 39.8. The van der Waals surface area contributed by atoms with Crippen LogP contribution in [0.2, 0.25) is 0 Å². The van der Waals surface area contributed by atoms with Crippen molar-refractivity contribution < 1.29 is 37.6 Å². The molecule has 0 saturated heterocycles. The third-order valence-electron chi connectivity index (χ3n) is 14.8. The summed E-state index contributed by atoms with van der Waals surface area (Å²) < 4.78 is 33.0. The van der Waals surface area contributed by atoms with Crippen LogP contribution >= 0.6 is 7.82 Å². The lowest BCUT2D eigenvalue weighted by atomic mass is 10.0. The number of nitrogens with two attached hydrogens (primary N) is 1. The molecule has 10 heteroatoms. The van der Waals surface area contributed by atoms with Gasteiger partial charge in [0.15, 0.2) is 6.10 Å². The van der Waals surface area contributed by atoms with Gasteiger partial charge in [0.1, 0.15) is 6.61 Å². The van der Waals surface area contributed by atoms with Crippen molar-refractivity contribution >= 4 is 19.8 Å². The molecule has 0 aliphatic carbocycles. The van der Waals surface area contributed by atoms with Gasteiger partial charge in [-0.1, -0.05) is 330 Å². The maximum atomic E-state index is 12.7. The fourth-order valence-electron chi connectivity index (χ4n) is 9.81. The highest BCUT2D eigenvalue weighted by Crippen LogP contribution is 2.43. The standard InChI is InChI=1S/C71H128NO8P/c1-3-5-7-9-11-13-15-17-19-21-23-25-27-28-29-30-31-32-33-34-35-36-37-38-39-40-42-43-45-47-49-51-53-55-57-59-61-63-70(73)77-67-69(68-79-81(75,76)78-66-65-72)80-71(74)64-62-60-58-56-54-52-50-48-46-44-41-26-24-22-20-18-16-14-12-10-8-6-4-2/h6,8,12,14,18,20,24,26,44,46,50,52,56,58,69H,3-5,7,9-11,13,15-17,19,21-23,25,27-43,45,47-49,51,53-55,57,59-68,72H2,1-2H3,(H,75,76)/b8-6-,14-12-,20-18-,26-24-,46-44-,52-50-,58-56-. The molecule has 9 nitrogen and oxygen atoms in total. The van der Waals surface area contributed by atoms with Crippen LogP contribution in [0.5, 0.6) is 0 Å². The van der Waals surface area contributed by atoms with Crippen LogP contribution in [-0.2, 0) is 32.7 Å². The molecule has 81 heavy (non-hydrogen) atoms. The largest absolute Gasteiger partial charge is 0.472 e. The second-order valence-electron chi connectivity index (χ2n) is 22.7. The van der Waals surface area contributed by atoms with E-state index in [1.165, 1.54) is 218 Å². The van der Waals surface area contributed by atoms with Gasteiger partial charge in [0.25, 0.3) is 0 Å². The SMILES string of the molecule is CC/C=C\C/C=C\C/C=C\C/C=C\C/C=C\C/C=C\C/C=C\CCCC(=O)OC(COC(=O)CCCCCCCCCCCCCCCCCCCCCCCCCCCCCCCCCCCCCCC)COP(=O)(O)OCCN. The van der Waals surface area contributed by atoms with Crippen molar-refractivity contribution in [2.45, 2.75) is 328 Å². The lowest BCUT2D eigenvalue weighted by molar-refractivity contribution is -0.161. The van der Waals surface area contributed by atoms with Crippen LogP contribution in [-0.4, -0.2) is 49.3 Å². The van der Waals surface area contributed by atoms with Gasteiger partial charge in [-0.15, -0.1) is 0 Å². The van der Waals surface area contributed by atoms with Gasteiger partial charge in [0, 0.05) is 19.4 Å². The van der Waals surface area contributed by atoms with Gasteiger partial charge in [0.05, 0.1) is 13.2 Å². The van der Waals surface area contributed by atoms with Crippen molar-refractivity contribution in [3.63, 3.8) is 0 Å². The van der Waals surface area contributed by atoms with E-state index < -0.39 is 32.5 Å². The van der Waals surface area contributed by atoms with E-state index in [2.05, 4.69) is 92.8 Å². The van der Waals surface area contributed by atoms with Gasteiger partial charge in [-0.25, -0.2) is 4.57 Å². The second-order valence-corrected chi connectivity index (χ2v) is 24.1. The summed E-state index contributed by atoms with van der Waals surface area (Å²) in [5.74, 6) is -0.890. The molecule has 470 valence electrons. The summed E-state index contributed by atoms with van der Waals surface area (Å²) >= 11 is 0. The molecule has 2 unspecified atom stereocenters. The normalized spacial score (nSPS) is 13.5. The molecule has 2 atom stereocenters. The first-order valence-corrected chi connectivity index (χ1v) is 35.6. The summed E-state index contributed by atoms with van der Waals surface area (Å²) in [6.45, 7) is 3.60. The van der Waals surface area contributed by atoms with E-state index in [4.69, 9.17) is 24.3 Å². The molecule has 0 saturated carbocycles. The van der Waals surface area contributed by atoms with Gasteiger partial charge < -0.3 is 20.1 Å². The highest BCUT2D eigenvalue weighted by atomic mass is 31.2. The van der Waals surface area contributed by atoms with Crippen LogP contribution in [0.3, 0.4) is 0 Å². The van der Waals surface area contributed by atoms with Crippen LogP contribution in [0, 0.1) is 0 Å². The Morgan fingerprint density at radius 2 is 0.679 bits per heavy atom. The van der Waals surface area contributed by atoms with E-state index in [1.807, 2.05) is 6.08 Å². The number of phosphoric ester groups is 1. The molecule has 0 aromatic rings. The highest BCUT2D eigenvalue weighted by molar-refractivity contribution is 7.47. The molecule has 0 aliphatic heterocycles. The van der Waals surface area contributed by atoms with Crippen molar-refractivity contribution in [3.05, 3.63) is 85.1 Å². The molecule has 0 aromatic heterocycles. The Kier molecular flexibility index (Phi) is 64.0. The number of rotatable bonds is 64. The summed E-state index contributed by atoms with van der Waals surface area (Å²) in [6.07, 6.45) is 88.5. The van der Waals surface area contributed by atoms with E-state index in [0.717, 1.165) is 64.2 Å². The van der Waals surface area contributed by atoms with Crippen molar-refractivity contribution in [1.82, 2.24) is 0 Å². The first-order valence-electron chi connectivity index (χ1n) is 34.1. The molecule has 0 aromatic carbocycles. The maximum absolute atomic E-state index is 12.7. The second kappa shape index (κ2) is 66.3. The van der Waals surface area contributed by atoms with Gasteiger partial charge >= 0.3 is 19.8 Å². The first kappa shape index (κ1) is 78.2. The van der Waals surface area contributed by atoms with E-state index in [1.54, 1.807) is 0 Å². The summed E-state index contributed by atoms with van der Waals surface area (Å²) in [5, 5.41) is 0. The molecule has 0 spiro atoms. The zero-order valence-corrected chi connectivity index (χ0v) is 53.7. The van der Waals surface area contributed by atoms with Crippen LogP contribution in [0.4, 0.5) is 0 Å². The predicted molar refractivity (Wildman–Crippen MR) is 349 cm³/mol. The number of phosphoric acid groups is 1. The molecule has 0 fully saturated rings. The fraction of sp³-hybridized carbons (Fsp3) is 0.775. The minimum absolute atomic E-state index is 0.0412. The van der Waals surface area contributed by atoms with Gasteiger partial charge in [-0.3, -0.25) is 18.6 Å². The van der Waals surface area contributed by atoms with Crippen LogP contribution in [0.15, 0.2) is 85.1 Å². The third kappa shape index (κ3) is 66.2. The van der Waals surface area contributed by atoms with Gasteiger partial charge in [-0.05, 0) is 64.2 Å². The van der Waals surface area contributed by atoms with Gasteiger partial charge in [0.2, 0.25) is 0 Å². The molecule has 0 heterocycles. The average molecular weight is 1150 g/mol. The molecule has 0 rings (SSSR count).